The van der Waals surface area contributed by atoms with Crippen LogP contribution in [-0.4, -0.2) is 24.5 Å². The average Bonchev–Trinajstić information content (AvgIpc) is 2.44. The number of hydrogen-bond donors (Lipinski definition) is 0. The van der Waals surface area contributed by atoms with Crippen LogP contribution in [0.25, 0.3) is 0 Å². The Hall–Kier alpha value is -1.71. The summed E-state index contributed by atoms with van der Waals surface area (Å²) in [6.07, 6.45) is 1.14. The van der Waals surface area contributed by atoms with E-state index in [1.54, 1.807) is 0 Å². The van der Waals surface area contributed by atoms with E-state index in [9.17, 15) is 0 Å². The first-order chi connectivity index (χ1) is 9.51. The second-order valence-corrected chi connectivity index (χ2v) is 5.07. The molecule has 112 valence electrons. The lowest BCUT2D eigenvalue weighted by molar-refractivity contribution is 0.0364. The van der Waals surface area contributed by atoms with Gasteiger partial charge in [0.05, 0.1) is 11.8 Å². The molecule has 0 aliphatic heterocycles. The van der Waals surface area contributed by atoms with Crippen molar-refractivity contribution in [3.63, 3.8) is 0 Å². The number of benzene rings is 1. The van der Waals surface area contributed by atoms with Gasteiger partial charge < -0.3 is 14.3 Å². The molecule has 4 nitrogen and oxygen atoms in total. The van der Waals surface area contributed by atoms with Crippen LogP contribution in [0.3, 0.4) is 0 Å². The molecular formula is C16H25NO3. The molecule has 2 unspecified atom stereocenters. The van der Waals surface area contributed by atoms with Crippen molar-refractivity contribution < 1.29 is 14.3 Å². The third-order valence-electron chi connectivity index (χ3n) is 2.64. The maximum absolute atomic E-state index is 5.71. The smallest absolute Gasteiger partial charge is 0.158 e. The fraction of sp³-hybridized carbons (Fsp3) is 0.562. The van der Waals surface area contributed by atoms with Crippen molar-refractivity contribution in [2.24, 2.45) is 5.16 Å². The van der Waals surface area contributed by atoms with E-state index >= 15 is 0 Å². The lowest BCUT2D eigenvalue weighted by atomic mass is 10.3. The summed E-state index contributed by atoms with van der Waals surface area (Å²) < 4.78 is 11.3. The van der Waals surface area contributed by atoms with Gasteiger partial charge in [-0.25, -0.2) is 0 Å². The summed E-state index contributed by atoms with van der Waals surface area (Å²) in [5.74, 6) is 1.66. The highest BCUT2D eigenvalue weighted by Crippen LogP contribution is 2.19. The summed E-state index contributed by atoms with van der Waals surface area (Å²) in [6, 6.07) is 7.64. The molecule has 0 amide bonds. The number of ether oxygens (including phenoxy) is 2. The van der Waals surface area contributed by atoms with E-state index in [-0.39, 0.29) is 12.2 Å². The Kier molecular flexibility index (Phi) is 6.91. The summed E-state index contributed by atoms with van der Waals surface area (Å²) in [5, 5.41) is 3.91. The van der Waals surface area contributed by atoms with Gasteiger partial charge in [-0.1, -0.05) is 12.1 Å². The van der Waals surface area contributed by atoms with Crippen molar-refractivity contribution in [2.75, 3.05) is 6.61 Å². The largest absolute Gasteiger partial charge is 0.491 e. The highest BCUT2D eigenvalue weighted by atomic mass is 16.6. The summed E-state index contributed by atoms with van der Waals surface area (Å²) in [7, 11) is 0. The lowest BCUT2D eigenvalue weighted by Crippen LogP contribution is -2.16. The molecule has 4 heteroatoms. The monoisotopic (exact) mass is 279 g/mol. The fourth-order valence-corrected chi connectivity index (χ4v) is 1.37. The van der Waals surface area contributed by atoms with Gasteiger partial charge >= 0.3 is 0 Å². The zero-order valence-corrected chi connectivity index (χ0v) is 13.1. The molecule has 0 bridgehead atoms. The summed E-state index contributed by atoms with van der Waals surface area (Å²) in [6.45, 7) is 10.3. The first-order valence-electron chi connectivity index (χ1n) is 7.07. The third-order valence-corrected chi connectivity index (χ3v) is 2.64. The molecule has 0 N–H and O–H groups in total. The van der Waals surface area contributed by atoms with Crippen molar-refractivity contribution in [3.05, 3.63) is 24.3 Å². The third kappa shape index (κ3) is 6.45. The Morgan fingerprint density at radius 3 is 2.20 bits per heavy atom. The predicted octanol–water partition coefficient (Wildman–Crippen LogP) is 4.04. The first-order valence-corrected chi connectivity index (χ1v) is 7.07. The summed E-state index contributed by atoms with van der Waals surface area (Å²) in [4.78, 5) is 5.25. The van der Waals surface area contributed by atoms with E-state index in [0.717, 1.165) is 23.6 Å². The minimum absolute atomic E-state index is 0.0825. The van der Waals surface area contributed by atoms with Crippen LogP contribution in [0.4, 0.5) is 0 Å². The lowest BCUT2D eigenvalue weighted by Gasteiger charge is -2.14. The Balaban J connectivity index is 2.39. The Morgan fingerprint density at radius 2 is 1.65 bits per heavy atom. The highest BCUT2D eigenvalue weighted by molar-refractivity contribution is 5.78. The summed E-state index contributed by atoms with van der Waals surface area (Å²) >= 11 is 0. The predicted molar refractivity (Wildman–Crippen MR) is 81.6 cm³/mol. The van der Waals surface area contributed by atoms with E-state index in [0.29, 0.717) is 6.61 Å². The van der Waals surface area contributed by atoms with E-state index in [2.05, 4.69) is 19.0 Å². The van der Waals surface area contributed by atoms with Crippen LogP contribution in [0.2, 0.25) is 0 Å². The van der Waals surface area contributed by atoms with Gasteiger partial charge in [0.15, 0.2) is 6.10 Å². The number of oxime groups is 1. The zero-order chi connectivity index (χ0) is 15.0. The van der Waals surface area contributed by atoms with Crippen LogP contribution >= 0.6 is 0 Å². The molecule has 0 spiro atoms. The second kappa shape index (κ2) is 8.46. The van der Waals surface area contributed by atoms with Gasteiger partial charge in [-0.15, -0.1) is 0 Å². The fourth-order valence-electron chi connectivity index (χ4n) is 1.37. The van der Waals surface area contributed by atoms with Gasteiger partial charge in [-0.2, -0.15) is 0 Å². The SMILES string of the molecule is CCC(C)Oc1ccc(OCC(C)ON=C(C)C)cc1. The van der Waals surface area contributed by atoms with Crippen LogP contribution < -0.4 is 9.47 Å². The van der Waals surface area contributed by atoms with Gasteiger partial charge in [0.25, 0.3) is 0 Å². The van der Waals surface area contributed by atoms with Gasteiger partial charge in [0.1, 0.15) is 18.1 Å². The topological polar surface area (TPSA) is 40.0 Å². The molecule has 0 saturated heterocycles. The second-order valence-electron chi connectivity index (χ2n) is 5.07. The van der Waals surface area contributed by atoms with Gasteiger partial charge in [-0.3, -0.25) is 0 Å². The molecule has 0 fully saturated rings. The molecule has 2 atom stereocenters. The van der Waals surface area contributed by atoms with Crippen LogP contribution in [-0.2, 0) is 4.84 Å². The highest BCUT2D eigenvalue weighted by Gasteiger charge is 2.05. The summed E-state index contributed by atoms with van der Waals surface area (Å²) in [5.41, 5.74) is 0.892. The van der Waals surface area contributed by atoms with Crippen LogP contribution in [0.1, 0.15) is 41.0 Å². The van der Waals surface area contributed by atoms with Gasteiger partial charge in [-0.05, 0) is 58.4 Å². The molecule has 0 aliphatic carbocycles. The standard InChI is InChI=1S/C16H25NO3/c1-6-13(4)19-16-9-7-15(8-10-16)18-11-14(5)20-17-12(2)3/h7-10,13-14H,6,11H2,1-5H3. The first kappa shape index (κ1) is 16.3. The number of rotatable bonds is 8. The molecule has 20 heavy (non-hydrogen) atoms. The average molecular weight is 279 g/mol. The van der Waals surface area contributed by atoms with Gasteiger partial charge in [0, 0.05) is 0 Å². The molecule has 0 heterocycles. The van der Waals surface area contributed by atoms with Crippen molar-refractivity contribution >= 4 is 5.71 Å². The molecular weight excluding hydrogens is 254 g/mol. The molecule has 0 radical (unpaired) electrons. The van der Waals surface area contributed by atoms with Crippen LogP contribution in [0, 0.1) is 0 Å². The van der Waals surface area contributed by atoms with Crippen molar-refractivity contribution in [2.45, 2.75) is 53.2 Å². The minimum atomic E-state index is -0.0825. The van der Waals surface area contributed by atoms with Gasteiger partial charge in [0.2, 0.25) is 0 Å². The van der Waals surface area contributed by atoms with Crippen molar-refractivity contribution in [3.8, 4) is 11.5 Å². The molecule has 1 rings (SSSR count). The zero-order valence-electron chi connectivity index (χ0n) is 13.1. The van der Waals surface area contributed by atoms with E-state index in [4.69, 9.17) is 14.3 Å². The Bertz CT molecular complexity index is 410. The maximum atomic E-state index is 5.71. The van der Waals surface area contributed by atoms with Crippen molar-refractivity contribution in [1.82, 2.24) is 0 Å². The van der Waals surface area contributed by atoms with E-state index in [1.165, 1.54) is 0 Å². The van der Waals surface area contributed by atoms with Crippen LogP contribution in [0.5, 0.6) is 11.5 Å². The number of nitrogens with zero attached hydrogens (tertiary/aromatic N) is 1. The minimum Gasteiger partial charge on any atom is -0.491 e. The molecule has 0 saturated carbocycles. The van der Waals surface area contributed by atoms with E-state index in [1.807, 2.05) is 45.0 Å². The number of hydrogen-bond acceptors (Lipinski definition) is 4. The molecule has 0 aliphatic rings. The normalized spacial score (nSPS) is 13.2. The quantitative estimate of drug-likeness (QED) is 0.532. The van der Waals surface area contributed by atoms with Crippen LogP contribution in [0.15, 0.2) is 29.4 Å². The van der Waals surface area contributed by atoms with E-state index < -0.39 is 0 Å². The molecule has 1 aromatic rings. The Labute approximate surface area is 121 Å². The molecule has 0 aromatic heterocycles. The van der Waals surface area contributed by atoms with Crippen molar-refractivity contribution in [1.29, 1.82) is 0 Å². The Morgan fingerprint density at radius 1 is 1.05 bits per heavy atom. The molecule has 1 aromatic carbocycles. The maximum Gasteiger partial charge on any atom is 0.158 e.